The van der Waals surface area contributed by atoms with E-state index in [2.05, 4.69) is 5.32 Å². The topological polar surface area (TPSA) is 86.7 Å². The van der Waals surface area contributed by atoms with E-state index in [-0.39, 0.29) is 28.7 Å². The van der Waals surface area contributed by atoms with Gasteiger partial charge in [0.1, 0.15) is 4.21 Å². The number of hydrogen-bond donors (Lipinski definition) is 2. The minimum Gasteiger partial charge on any atom is -0.395 e. The van der Waals surface area contributed by atoms with Crippen molar-refractivity contribution in [1.29, 1.82) is 0 Å². The van der Waals surface area contributed by atoms with Crippen LogP contribution >= 0.6 is 23.1 Å². The highest BCUT2D eigenvalue weighted by atomic mass is 32.2. The fourth-order valence-electron chi connectivity index (χ4n) is 1.68. The molecule has 1 heterocycles. The van der Waals surface area contributed by atoms with Crippen molar-refractivity contribution < 1.29 is 18.3 Å². The lowest BCUT2D eigenvalue weighted by atomic mass is 10.2. The van der Waals surface area contributed by atoms with Crippen LogP contribution in [0.3, 0.4) is 0 Å². The van der Waals surface area contributed by atoms with Gasteiger partial charge in [-0.05, 0) is 24.6 Å². The molecule has 0 radical (unpaired) electrons. The number of nitrogens with one attached hydrogen (secondary N) is 1. The van der Waals surface area contributed by atoms with E-state index in [1.807, 2.05) is 6.26 Å². The fraction of sp³-hybridized carbons (Fsp3) is 0.583. The van der Waals surface area contributed by atoms with Crippen LogP contribution in [0.5, 0.6) is 0 Å². The standard InChI is InChI=1S/C12H20N2O4S3/c1-9(10(8-15)19-3)13-11(16)7-14(2)21(17,18)12-5-4-6-20-12/h4-6,9-10,15H,7-8H2,1-3H3,(H,13,16). The number of amides is 1. The summed E-state index contributed by atoms with van der Waals surface area (Å²) in [5.74, 6) is -0.391. The second-order valence-electron chi connectivity index (χ2n) is 4.51. The molecule has 0 bridgehead atoms. The minimum atomic E-state index is -3.62. The summed E-state index contributed by atoms with van der Waals surface area (Å²) in [5.41, 5.74) is 0. The van der Waals surface area contributed by atoms with Gasteiger partial charge in [0.15, 0.2) is 0 Å². The third-order valence-corrected chi connectivity index (χ3v) is 7.29. The zero-order chi connectivity index (χ0) is 16.0. The Morgan fingerprint density at radius 3 is 2.71 bits per heavy atom. The highest BCUT2D eigenvalue weighted by Crippen LogP contribution is 2.19. The van der Waals surface area contributed by atoms with E-state index in [9.17, 15) is 13.2 Å². The molecule has 2 unspecified atom stereocenters. The Labute approximate surface area is 133 Å². The number of aliphatic hydroxyl groups excluding tert-OH is 1. The van der Waals surface area contributed by atoms with Gasteiger partial charge in [0.25, 0.3) is 10.0 Å². The first-order valence-electron chi connectivity index (χ1n) is 6.25. The largest absolute Gasteiger partial charge is 0.395 e. The predicted octanol–water partition coefficient (Wildman–Crippen LogP) is 0.597. The van der Waals surface area contributed by atoms with Crippen molar-refractivity contribution in [2.45, 2.75) is 22.4 Å². The molecule has 0 aromatic carbocycles. The number of nitrogens with zero attached hydrogens (tertiary/aromatic N) is 1. The number of likely N-dealkylation sites (N-methyl/N-ethyl adjacent to an activating group) is 1. The molecule has 0 saturated heterocycles. The number of hydrogen-bond acceptors (Lipinski definition) is 6. The van der Waals surface area contributed by atoms with E-state index >= 15 is 0 Å². The van der Waals surface area contributed by atoms with Gasteiger partial charge in [-0.3, -0.25) is 4.79 Å². The monoisotopic (exact) mass is 352 g/mol. The Morgan fingerprint density at radius 2 is 2.24 bits per heavy atom. The predicted molar refractivity (Wildman–Crippen MR) is 86.1 cm³/mol. The molecule has 1 rings (SSSR count). The average molecular weight is 353 g/mol. The Balaban J connectivity index is 2.63. The van der Waals surface area contributed by atoms with Crippen molar-refractivity contribution in [3.05, 3.63) is 17.5 Å². The molecule has 0 aliphatic carbocycles. The number of thioether (sulfide) groups is 1. The van der Waals surface area contributed by atoms with Gasteiger partial charge in [-0.25, -0.2) is 8.42 Å². The molecule has 9 heteroatoms. The van der Waals surface area contributed by atoms with Crippen molar-refractivity contribution in [2.24, 2.45) is 0 Å². The van der Waals surface area contributed by atoms with Crippen molar-refractivity contribution in [3.8, 4) is 0 Å². The number of rotatable bonds is 8. The van der Waals surface area contributed by atoms with Crippen LogP contribution in [0, 0.1) is 0 Å². The van der Waals surface area contributed by atoms with Crippen LogP contribution in [-0.2, 0) is 14.8 Å². The molecule has 0 aliphatic rings. The zero-order valence-electron chi connectivity index (χ0n) is 12.1. The molecule has 0 fully saturated rings. The summed E-state index contributed by atoms with van der Waals surface area (Å²) in [5, 5.41) is 13.4. The van der Waals surface area contributed by atoms with Crippen molar-refractivity contribution >= 4 is 39.0 Å². The molecule has 0 saturated carbocycles. The summed E-state index contributed by atoms with van der Waals surface area (Å²) in [6.07, 6.45) is 1.84. The molecule has 21 heavy (non-hydrogen) atoms. The number of carbonyl (C=O) groups excluding carboxylic acids is 1. The van der Waals surface area contributed by atoms with Crippen molar-refractivity contribution in [3.63, 3.8) is 0 Å². The molecule has 1 aromatic rings. The zero-order valence-corrected chi connectivity index (χ0v) is 14.6. The molecular weight excluding hydrogens is 332 g/mol. The van der Waals surface area contributed by atoms with Gasteiger partial charge < -0.3 is 10.4 Å². The van der Waals surface area contributed by atoms with Crippen LogP contribution in [-0.4, -0.2) is 61.5 Å². The van der Waals surface area contributed by atoms with Crippen LogP contribution in [0.25, 0.3) is 0 Å². The highest BCUT2D eigenvalue weighted by Gasteiger charge is 2.25. The Kier molecular flexibility index (Phi) is 7.14. The maximum absolute atomic E-state index is 12.2. The summed E-state index contributed by atoms with van der Waals surface area (Å²) in [4.78, 5) is 11.9. The highest BCUT2D eigenvalue weighted by molar-refractivity contribution is 7.99. The number of sulfonamides is 1. The third-order valence-electron chi connectivity index (χ3n) is 2.95. The second-order valence-corrected chi connectivity index (χ2v) is 8.80. The Bertz CT molecular complexity index is 541. The lowest BCUT2D eigenvalue weighted by Gasteiger charge is -2.23. The number of carbonyl (C=O) groups is 1. The van der Waals surface area contributed by atoms with Gasteiger partial charge in [-0.1, -0.05) is 6.07 Å². The van der Waals surface area contributed by atoms with Crippen LogP contribution in [0.15, 0.2) is 21.7 Å². The Hall–Kier alpha value is -0.610. The van der Waals surface area contributed by atoms with Crippen molar-refractivity contribution in [2.75, 3.05) is 26.5 Å². The average Bonchev–Trinajstić information content (AvgIpc) is 2.94. The van der Waals surface area contributed by atoms with Gasteiger partial charge in [0.2, 0.25) is 5.91 Å². The number of thiophene rings is 1. The van der Waals surface area contributed by atoms with E-state index in [1.54, 1.807) is 18.4 Å². The van der Waals surface area contributed by atoms with Crippen LogP contribution in [0.2, 0.25) is 0 Å². The lowest BCUT2D eigenvalue weighted by Crippen LogP contribution is -2.46. The SMILES string of the molecule is CSC(CO)C(C)NC(=O)CN(C)S(=O)(=O)c1cccs1. The normalized spacial score (nSPS) is 14.9. The summed E-state index contributed by atoms with van der Waals surface area (Å²) >= 11 is 2.56. The summed E-state index contributed by atoms with van der Waals surface area (Å²) in [6, 6.07) is 2.92. The first-order valence-corrected chi connectivity index (χ1v) is 9.86. The number of aliphatic hydroxyl groups is 1. The molecular formula is C12H20N2O4S3. The molecule has 0 aliphatic heterocycles. The first kappa shape index (κ1) is 18.4. The van der Waals surface area contributed by atoms with E-state index in [1.165, 1.54) is 24.9 Å². The summed E-state index contributed by atoms with van der Waals surface area (Å²) < 4.78 is 25.6. The first-order chi connectivity index (χ1) is 9.82. The molecule has 1 aromatic heterocycles. The summed E-state index contributed by atoms with van der Waals surface area (Å²) in [6.45, 7) is 1.48. The Morgan fingerprint density at radius 1 is 1.57 bits per heavy atom. The van der Waals surface area contributed by atoms with Crippen LogP contribution in [0.1, 0.15) is 6.92 Å². The van der Waals surface area contributed by atoms with E-state index in [0.717, 1.165) is 15.6 Å². The fourth-order valence-corrected chi connectivity index (χ4v) is 4.63. The summed E-state index contributed by atoms with van der Waals surface area (Å²) in [7, 11) is -2.25. The third kappa shape index (κ3) is 4.96. The maximum Gasteiger partial charge on any atom is 0.252 e. The molecule has 1 amide bonds. The second kappa shape index (κ2) is 8.14. The van der Waals surface area contributed by atoms with Crippen LogP contribution in [0.4, 0.5) is 0 Å². The molecule has 6 nitrogen and oxygen atoms in total. The van der Waals surface area contributed by atoms with Crippen LogP contribution < -0.4 is 5.32 Å². The smallest absolute Gasteiger partial charge is 0.252 e. The maximum atomic E-state index is 12.2. The lowest BCUT2D eigenvalue weighted by molar-refractivity contribution is -0.121. The van der Waals surface area contributed by atoms with Gasteiger partial charge in [-0.2, -0.15) is 16.1 Å². The van der Waals surface area contributed by atoms with E-state index in [0.29, 0.717) is 0 Å². The van der Waals surface area contributed by atoms with E-state index in [4.69, 9.17) is 5.11 Å². The molecule has 2 N–H and O–H groups in total. The van der Waals surface area contributed by atoms with Gasteiger partial charge >= 0.3 is 0 Å². The van der Waals surface area contributed by atoms with Gasteiger partial charge in [-0.15, -0.1) is 11.3 Å². The quantitative estimate of drug-likeness (QED) is 0.715. The van der Waals surface area contributed by atoms with E-state index < -0.39 is 15.9 Å². The van der Waals surface area contributed by atoms with Gasteiger partial charge in [0.05, 0.1) is 13.2 Å². The molecule has 0 spiro atoms. The van der Waals surface area contributed by atoms with Gasteiger partial charge in [0, 0.05) is 18.3 Å². The molecule has 2 atom stereocenters. The molecule has 120 valence electrons. The van der Waals surface area contributed by atoms with Crippen molar-refractivity contribution in [1.82, 2.24) is 9.62 Å². The minimum absolute atomic E-state index is 0.0497.